The van der Waals surface area contributed by atoms with Gasteiger partial charge in [0.2, 0.25) is 0 Å². The summed E-state index contributed by atoms with van der Waals surface area (Å²) in [7, 11) is 0. The van der Waals surface area contributed by atoms with Crippen LogP contribution in [0.15, 0.2) is 51.5 Å². The molecule has 21 heavy (non-hydrogen) atoms. The number of nitrogens with zero attached hydrogens (tertiary/aromatic N) is 1. The molecule has 1 aromatic heterocycles. The molecule has 0 saturated heterocycles. The van der Waals surface area contributed by atoms with E-state index in [1.54, 1.807) is 12.1 Å². The Morgan fingerprint density at radius 1 is 1.19 bits per heavy atom. The van der Waals surface area contributed by atoms with Crippen molar-refractivity contribution in [3.05, 3.63) is 58.3 Å². The number of aryl methyl sites for hydroxylation is 1. The molecule has 0 atom stereocenters. The quantitative estimate of drug-likeness (QED) is 0.724. The van der Waals surface area contributed by atoms with Crippen molar-refractivity contribution >= 4 is 21.7 Å². The lowest BCUT2D eigenvalue weighted by atomic mass is 9.98. The number of rotatable bonds is 2. The molecule has 3 aromatic rings. The number of hydrogen-bond donors (Lipinski definition) is 1. The molecule has 0 saturated carbocycles. The summed E-state index contributed by atoms with van der Waals surface area (Å²) in [6.07, 6.45) is 0. The van der Waals surface area contributed by atoms with Crippen LogP contribution in [0.1, 0.15) is 5.56 Å². The molecular weight excluding hydrogens is 335 g/mol. The summed E-state index contributed by atoms with van der Waals surface area (Å²) in [4.78, 5) is 0. The maximum atomic E-state index is 13.4. The summed E-state index contributed by atoms with van der Waals surface area (Å²) < 4.78 is 19.1. The Morgan fingerprint density at radius 3 is 2.67 bits per heavy atom. The third kappa shape index (κ3) is 2.45. The fraction of sp³-hybridized carbons (Fsp3) is 0.0625. The highest BCUT2D eigenvalue weighted by Crippen LogP contribution is 2.38. The summed E-state index contributed by atoms with van der Waals surface area (Å²) in [5.41, 5.74) is 9.41. The fourth-order valence-electron chi connectivity index (χ4n) is 2.25. The number of nitrogen functional groups attached to an aromatic ring is 1. The first-order valence-corrected chi connectivity index (χ1v) is 7.14. The maximum absolute atomic E-state index is 13.4. The van der Waals surface area contributed by atoms with Crippen LogP contribution in [0.4, 0.5) is 10.2 Å². The summed E-state index contributed by atoms with van der Waals surface area (Å²) in [6, 6.07) is 12.5. The van der Waals surface area contributed by atoms with Crippen molar-refractivity contribution in [2.45, 2.75) is 6.92 Å². The monoisotopic (exact) mass is 346 g/mol. The number of nitrogens with two attached hydrogens (primary N) is 1. The summed E-state index contributed by atoms with van der Waals surface area (Å²) >= 11 is 3.18. The molecule has 0 radical (unpaired) electrons. The van der Waals surface area contributed by atoms with E-state index in [2.05, 4.69) is 21.1 Å². The second-order valence-corrected chi connectivity index (χ2v) is 5.57. The molecule has 106 valence electrons. The number of benzene rings is 2. The van der Waals surface area contributed by atoms with Gasteiger partial charge >= 0.3 is 0 Å². The number of aromatic nitrogens is 1. The minimum Gasteiger partial charge on any atom is -0.380 e. The van der Waals surface area contributed by atoms with Gasteiger partial charge in [0, 0.05) is 5.56 Å². The maximum Gasteiger partial charge on any atom is 0.176 e. The molecular formula is C16H12BrFN2O. The van der Waals surface area contributed by atoms with E-state index in [-0.39, 0.29) is 5.82 Å². The first-order chi connectivity index (χ1) is 10.1. The molecule has 1 heterocycles. The van der Waals surface area contributed by atoms with Crippen LogP contribution in [0.3, 0.4) is 0 Å². The van der Waals surface area contributed by atoms with Gasteiger partial charge < -0.3 is 10.3 Å². The van der Waals surface area contributed by atoms with E-state index in [1.165, 1.54) is 6.07 Å². The predicted octanol–water partition coefficient (Wildman–Crippen LogP) is 4.80. The first-order valence-electron chi connectivity index (χ1n) is 6.34. The van der Waals surface area contributed by atoms with Crippen molar-refractivity contribution in [3.63, 3.8) is 0 Å². The Kier molecular flexibility index (Phi) is 3.51. The zero-order valence-corrected chi connectivity index (χ0v) is 12.8. The molecule has 2 aromatic carbocycles. The van der Waals surface area contributed by atoms with Crippen LogP contribution in [0.25, 0.3) is 22.5 Å². The Labute approximate surface area is 129 Å². The minimum absolute atomic E-state index is 0.319. The van der Waals surface area contributed by atoms with Gasteiger partial charge in [-0.15, -0.1) is 0 Å². The average molecular weight is 347 g/mol. The third-order valence-corrected chi connectivity index (χ3v) is 3.92. The van der Waals surface area contributed by atoms with E-state index < -0.39 is 0 Å². The van der Waals surface area contributed by atoms with E-state index in [0.717, 1.165) is 16.7 Å². The number of anilines is 1. The Bertz CT molecular complexity index is 814. The Hall–Kier alpha value is -2.14. The summed E-state index contributed by atoms with van der Waals surface area (Å²) in [5, 5.41) is 3.86. The van der Waals surface area contributed by atoms with Crippen LogP contribution in [0.5, 0.6) is 0 Å². The average Bonchev–Trinajstić information content (AvgIpc) is 2.84. The van der Waals surface area contributed by atoms with Gasteiger partial charge in [-0.25, -0.2) is 4.39 Å². The molecule has 0 fully saturated rings. The van der Waals surface area contributed by atoms with Crippen LogP contribution < -0.4 is 5.73 Å². The van der Waals surface area contributed by atoms with Gasteiger partial charge in [-0.3, -0.25) is 0 Å². The van der Waals surface area contributed by atoms with Crippen molar-refractivity contribution in [3.8, 4) is 22.5 Å². The molecule has 0 spiro atoms. The topological polar surface area (TPSA) is 52.0 Å². The van der Waals surface area contributed by atoms with Gasteiger partial charge in [0.15, 0.2) is 11.6 Å². The molecule has 0 aliphatic heterocycles. The Balaban J connectivity index is 2.22. The van der Waals surface area contributed by atoms with Gasteiger partial charge in [-0.2, -0.15) is 0 Å². The second kappa shape index (κ2) is 5.33. The molecule has 3 rings (SSSR count). The van der Waals surface area contributed by atoms with Gasteiger partial charge in [-0.1, -0.05) is 29.4 Å². The van der Waals surface area contributed by atoms with Crippen LogP contribution in [0.2, 0.25) is 0 Å². The lowest BCUT2D eigenvalue weighted by Gasteiger charge is -2.06. The molecule has 0 aliphatic carbocycles. The minimum atomic E-state index is -0.330. The van der Waals surface area contributed by atoms with Crippen molar-refractivity contribution in [2.75, 3.05) is 5.73 Å². The van der Waals surface area contributed by atoms with Crippen molar-refractivity contribution in [1.29, 1.82) is 0 Å². The highest BCUT2D eigenvalue weighted by molar-refractivity contribution is 9.10. The van der Waals surface area contributed by atoms with Crippen LogP contribution in [0, 0.1) is 12.7 Å². The van der Waals surface area contributed by atoms with E-state index in [1.807, 2.05) is 31.2 Å². The number of hydrogen-bond acceptors (Lipinski definition) is 3. The van der Waals surface area contributed by atoms with Gasteiger partial charge in [0.05, 0.1) is 10.0 Å². The predicted molar refractivity (Wildman–Crippen MR) is 84.2 cm³/mol. The normalized spacial score (nSPS) is 10.8. The van der Waals surface area contributed by atoms with Gasteiger partial charge in [-0.05, 0) is 52.2 Å². The van der Waals surface area contributed by atoms with Gasteiger partial charge in [0.25, 0.3) is 0 Å². The lowest BCUT2D eigenvalue weighted by molar-refractivity contribution is 0.436. The van der Waals surface area contributed by atoms with E-state index >= 15 is 0 Å². The highest BCUT2D eigenvalue weighted by atomic mass is 79.9. The van der Waals surface area contributed by atoms with E-state index in [4.69, 9.17) is 10.3 Å². The van der Waals surface area contributed by atoms with Gasteiger partial charge in [0.1, 0.15) is 5.82 Å². The van der Waals surface area contributed by atoms with Crippen molar-refractivity contribution in [1.82, 2.24) is 5.16 Å². The van der Waals surface area contributed by atoms with Crippen molar-refractivity contribution < 1.29 is 8.91 Å². The largest absolute Gasteiger partial charge is 0.380 e. The molecule has 3 nitrogen and oxygen atoms in total. The molecule has 0 amide bonds. The van der Waals surface area contributed by atoms with E-state index in [9.17, 15) is 4.39 Å². The molecule has 0 aliphatic rings. The highest BCUT2D eigenvalue weighted by Gasteiger charge is 2.19. The van der Waals surface area contributed by atoms with Crippen LogP contribution in [-0.2, 0) is 0 Å². The molecule has 0 unspecified atom stereocenters. The molecule has 0 bridgehead atoms. The molecule has 2 N–H and O–H groups in total. The standard InChI is InChI=1S/C16H12BrFN2O/c1-9-4-2-3-5-11(9)14-15(21-20-16(14)19)10-6-7-13(18)12(17)8-10/h2-8H,1H3,(H2,19,20). The first kappa shape index (κ1) is 13.8. The number of halogens is 2. The summed E-state index contributed by atoms with van der Waals surface area (Å²) in [6.45, 7) is 1.99. The fourth-order valence-corrected chi connectivity index (χ4v) is 2.63. The lowest BCUT2D eigenvalue weighted by Crippen LogP contribution is -1.91. The van der Waals surface area contributed by atoms with Crippen LogP contribution in [-0.4, -0.2) is 5.16 Å². The zero-order chi connectivity index (χ0) is 15.0. The van der Waals surface area contributed by atoms with Crippen LogP contribution >= 0.6 is 15.9 Å². The van der Waals surface area contributed by atoms with E-state index in [0.29, 0.717) is 21.6 Å². The second-order valence-electron chi connectivity index (χ2n) is 4.72. The Morgan fingerprint density at radius 2 is 1.95 bits per heavy atom. The molecule has 5 heteroatoms. The third-order valence-electron chi connectivity index (χ3n) is 3.31. The zero-order valence-electron chi connectivity index (χ0n) is 11.2. The smallest absolute Gasteiger partial charge is 0.176 e. The summed E-state index contributed by atoms with van der Waals surface area (Å²) in [5.74, 6) is 0.519. The van der Waals surface area contributed by atoms with Crippen molar-refractivity contribution in [2.24, 2.45) is 0 Å². The SMILES string of the molecule is Cc1ccccc1-c1c(N)noc1-c1ccc(F)c(Br)c1.